The average molecular weight is 295 g/mol. The van der Waals surface area contributed by atoms with Gasteiger partial charge in [-0.2, -0.15) is 0 Å². The lowest BCUT2D eigenvalue weighted by Gasteiger charge is -2.17. The zero-order chi connectivity index (χ0) is 14.4. The third-order valence-corrected chi connectivity index (χ3v) is 5.52. The minimum Gasteiger partial charge on any atom is -0.310 e. The quantitative estimate of drug-likeness (QED) is 0.823. The van der Waals surface area contributed by atoms with Crippen LogP contribution in [0, 0.1) is 0 Å². The molecule has 0 spiro atoms. The summed E-state index contributed by atoms with van der Waals surface area (Å²) < 4.78 is 0. The molecular weight excluding hydrogens is 264 g/mol. The molecule has 1 aliphatic rings. The fourth-order valence-electron chi connectivity index (χ4n) is 2.99. The SMILES string of the molecule is CCc1nc(C2CCCCCCC2)sc1CNC(C)C. The Morgan fingerprint density at radius 3 is 2.40 bits per heavy atom. The van der Waals surface area contributed by atoms with E-state index < -0.39 is 0 Å². The highest BCUT2D eigenvalue weighted by Gasteiger charge is 2.19. The average Bonchev–Trinajstić information content (AvgIpc) is 2.79. The number of rotatable bonds is 5. The summed E-state index contributed by atoms with van der Waals surface area (Å²) >= 11 is 1.98. The number of aromatic nitrogens is 1. The summed E-state index contributed by atoms with van der Waals surface area (Å²) in [5.41, 5.74) is 1.33. The molecule has 0 aromatic carbocycles. The highest BCUT2D eigenvalue weighted by atomic mass is 32.1. The van der Waals surface area contributed by atoms with Gasteiger partial charge in [0, 0.05) is 23.4 Å². The van der Waals surface area contributed by atoms with E-state index >= 15 is 0 Å². The maximum absolute atomic E-state index is 4.98. The van der Waals surface area contributed by atoms with E-state index in [0.717, 1.165) is 18.9 Å². The van der Waals surface area contributed by atoms with Crippen LogP contribution >= 0.6 is 11.3 Å². The molecule has 0 saturated heterocycles. The van der Waals surface area contributed by atoms with E-state index in [1.807, 2.05) is 11.3 Å². The van der Waals surface area contributed by atoms with E-state index in [4.69, 9.17) is 4.98 Å². The van der Waals surface area contributed by atoms with Crippen LogP contribution in [0.5, 0.6) is 0 Å². The smallest absolute Gasteiger partial charge is 0.0962 e. The van der Waals surface area contributed by atoms with Gasteiger partial charge in [-0.3, -0.25) is 0 Å². The summed E-state index contributed by atoms with van der Waals surface area (Å²) in [6.07, 6.45) is 10.8. The van der Waals surface area contributed by atoms with E-state index in [-0.39, 0.29) is 0 Å². The molecule has 0 amide bonds. The van der Waals surface area contributed by atoms with Crippen molar-refractivity contribution in [1.29, 1.82) is 0 Å². The molecule has 1 aromatic heterocycles. The summed E-state index contributed by atoms with van der Waals surface area (Å²) in [6, 6.07) is 0.548. The van der Waals surface area contributed by atoms with Crippen molar-refractivity contribution in [3.05, 3.63) is 15.6 Å². The van der Waals surface area contributed by atoms with Gasteiger partial charge in [-0.05, 0) is 19.3 Å². The first-order valence-corrected chi connectivity index (χ1v) is 9.24. The van der Waals surface area contributed by atoms with Gasteiger partial charge < -0.3 is 5.32 Å². The van der Waals surface area contributed by atoms with Crippen molar-refractivity contribution in [2.24, 2.45) is 0 Å². The van der Waals surface area contributed by atoms with Crippen LogP contribution in [-0.4, -0.2) is 11.0 Å². The molecule has 2 nitrogen and oxygen atoms in total. The third-order valence-electron chi connectivity index (χ3n) is 4.25. The second-order valence-electron chi connectivity index (χ2n) is 6.35. The van der Waals surface area contributed by atoms with Crippen LogP contribution in [0.1, 0.15) is 87.2 Å². The first kappa shape index (κ1) is 16.0. The van der Waals surface area contributed by atoms with E-state index in [0.29, 0.717) is 6.04 Å². The minimum absolute atomic E-state index is 0.548. The molecule has 114 valence electrons. The molecule has 1 aromatic rings. The molecule has 0 bridgehead atoms. The zero-order valence-electron chi connectivity index (χ0n) is 13.4. The molecule has 1 fully saturated rings. The molecule has 0 radical (unpaired) electrons. The fraction of sp³-hybridized carbons (Fsp3) is 0.824. The second kappa shape index (κ2) is 8.14. The van der Waals surface area contributed by atoms with Gasteiger partial charge in [0.1, 0.15) is 0 Å². The van der Waals surface area contributed by atoms with Crippen LogP contribution in [-0.2, 0) is 13.0 Å². The molecule has 2 rings (SSSR count). The largest absolute Gasteiger partial charge is 0.310 e. The third kappa shape index (κ3) is 4.56. The summed E-state index contributed by atoms with van der Waals surface area (Å²) in [7, 11) is 0. The lowest BCUT2D eigenvalue weighted by molar-refractivity contribution is 0.454. The minimum atomic E-state index is 0.548. The first-order valence-electron chi connectivity index (χ1n) is 8.42. The van der Waals surface area contributed by atoms with Crippen molar-refractivity contribution >= 4 is 11.3 Å². The highest BCUT2D eigenvalue weighted by molar-refractivity contribution is 7.11. The first-order chi connectivity index (χ1) is 9.70. The molecule has 1 N–H and O–H groups in total. The number of hydrogen-bond acceptors (Lipinski definition) is 3. The number of hydrogen-bond donors (Lipinski definition) is 1. The standard InChI is InChI=1S/C17H30N2S/c1-4-15-16(12-18-13(2)3)20-17(19-15)14-10-8-6-5-7-9-11-14/h13-14,18H,4-12H2,1-3H3. The Bertz CT molecular complexity index is 390. The van der Waals surface area contributed by atoms with Crippen LogP contribution in [0.3, 0.4) is 0 Å². The predicted octanol–water partition coefficient (Wildman–Crippen LogP) is 5.03. The molecule has 1 saturated carbocycles. The Balaban J connectivity index is 2.06. The topological polar surface area (TPSA) is 24.9 Å². The summed E-state index contributed by atoms with van der Waals surface area (Å²) in [5, 5.41) is 4.97. The van der Waals surface area contributed by atoms with Crippen molar-refractivity contribution in [1.82, 2.24) is 10.3 Å². The summed E-state index contributed by atoms with van der Waals surface area (Å²) in [4.78, 5) is 6.45. The van der Waals surface area contributed by atoms with Crippen LogP contribution < -0.4 is 5.32 Å². The highest BCUT2D eigenvalue weighted by Crippen LogP contribution is 2.34. The van der Waals surface area contributed by atoms with Gasteiger partial charge in [-0.15, -0.1) is 11.3 Å². The van der Waals surface area contributed by atoms with Crippen molar-refractivity contribution in [2.45, 2.75) is 90.6 Å². The van der Waals surface area contributed by atoms with Gasteiger partial charge in [-0.25, -0.2) is 4.98 Å². The van der Waals surface area contributed by atoms with Crippen LogP contribution in [0.4, 0.5) is 0 Å². The molecule has 20 heavy (non-hydrogen) atoms. The molecule has 3 heteroatoms. The molecule has 0 unspecified atom stereocenters. The van der Waals surface area contributed by atoms with Crippen LogP contribution in [0.25, 0.3) is 0 Å². The number of thiazole rings is 1. The van der Waals surface area contributed by atoms with Gasteiger partial charge in [0.2, 0.25) is 0 Å². The van der Waals surface area contributed by atoms with Crippen molar-refractivity contribution in [3.8, 4) is 0 Å². The van der Waals surface area contributed by atoms with E-state index in [1.165, 1.54) is 60.5 Å². The Morgan fingerprint density at radius 2 is 1.80 bits per heavy atom. The number of nitrogens with zero attached hydrogens (tertiary/aromatic N) is 1. The lowest BCUT2D eigenvalue weighted by Crippen LogP contribution is -2.21. The van der Waals surface area contributed by atoms with E-state index in [9.17, 15) is 0 Å². The Morgan fingerprint density at radius 1 is 1.15 bits per heavy atom. The number of nitrogens with one attached hydrogen (secondary N) is 1. The number of aryl methyl sites for hydroxylation is 1. The maximum atomic E-state index is 4.98. The molecular formula is C17H30N2S. The summed E-state index contributed by atoms with van der Waals surface area (Å²) in [5.74, 6) is 0.735. The molecule has 0 aliphatic heterocycles. The second-order valence-corrected chi connectivity index (χ2v) is 7.47. The molecule has 0 atom stereocenters. The van der Waals surface area contributed by atoms with Crippen molar-refractivity contribution in [3.63, 3.8) is 0 Å². The Hall–Kier alpha value is -0.410. The lowest BCUT2D eigenvalue weighted by atomic mass is 9.92. The van der Waals surface area contributed by atoms with Crippen molar-refractivity contribution in [2.75, 3.05) is 0 Å². The predicted molar refractivity (Wildman–Crippen MR) is 88.5 cm³/mol. The zero-order valence-corrected chi connectivity index (χ0v) is 14.2. The monoisotopic (exact) mass is 294 g/mol. The Labute approximate surface area is 128 Å². The maximum Gasteiger partial charge on any atom is 0.0962 e. The van der Waals surface area contributed by atoms with Gasteiger partial charge in [-0.1, -0.05) is 52.9 Å². The summed E-state index contributed by atoms with van der Waals surface area (Å²) in [6.45, 7) is 7.64. The molecule has 1 heterocycles. The van der Waals surface area contributed by atoms with Gasteiger partial charge in [0.25, 0.3) is 0 Å². The Kier molecular flexibility index (Phi) is 6.50. The van der Waals surface area contributed by atoms with Crippen LogP contribution in [0.15, 0.2) is 0 Å². The van der Waals surface area contributed by atoms with E-state index in [2.05, 4.69) is 26.1 Å². The van der Waals surface area contributed by atoms with Gasteiger partial charge in [0.15, 0.2) is 0 Å². The van der Waals surface area contributed by atoms with Gasteiger partial charge >= 0.3 is 0 Å². The van der Waals surface area contributed by atoms with E-state index in [1.54, 1.807) is 0 Å². The molecule has 1 aliphatic carbocycles. The van der Waals surface area contributed by atoms with Crippen LogP contribution in [0.2, 0.25) is 0 Å². The fourth-order valence-corrected chi connectivity index (χ4v) is 4.27. The normalized spacial score (nSPS) is 18.2. The van der Waals surface area contributed by atoms with Crippen molar-refractivity contribution < 1.29 is 0 Å². The van der Waals surface area contributed by atoms with Gasteiger partial charge in [0.05, 0.1) is 10.7 Å².